The average molecular weight is 394 g/mol. The van der Waals surface area contributed by atoms with Crippen LogP contribution in [-0.2, 0) is 0 Å². The van der Waals surface area contributed by atoms with Crippen LogP contribution in [0, 0.1) is 5.82 Å². The van der Waals surface area contributed by atoms with Crippen LogP contribution in [0.3, 0.4) is 0 Å². The molecule has 0 saturated heterocycles. The largest absolute Gasteiger partial charge is 0.318 e. The molecule has 0 aliphatic carbocycles. The number of hydrogen-bond acceptors (Lipinski definition) is 4. The van der Waals surface area contributed by atoms with Crippen molar-refractivity contribution < 1.29 is 9.18 Å². The number of benzene rings is 2. The van der Waals surface area contributed by atoms with Gasteiger partial charge in [-0.2, -0.15) is 0 Å². The minimum absolute atomic E-state index is 0.0157. The number of aromatic nitrogens is 4. The highest BCUT2D eigenvalue weighted by Crippen LogP contribution is 2.26. The molecule has 0 saturated carbocycles. The van der Waals surface area contributed by atoms with Gasteiger partial charge in [0.2, 0.25) is 0 Å². The van der Waals surface area contributed by atoms with Gasteiger partial charge in [0.1, 0.15) is 5.69 Å². The van der Waals surface area contributed by atoms with E-state index in [0.29, 0.717) is 17.1 Å². The first kappa shape index (κ1) is 17.8. The summed E-state index contributed by atoms with van der Waals surface area (Å²) in [5, 5.41) is 10.5. The monoisotopic (exact) mass is 393 g/mol. The second-order valence-corrected chi connectivity index (χ2v) is 6.21. The van der Waals surface area contributed by atoms with Gasteiger partial charge >= 0.3 is 0 Å². The fourth-order valence-electron chi connectivity index (χ4n) is 2.70. The lowest BCUT2D eigenvalue weighted by Crippen LogP contribution is -2.15. The SMILES string of the molecule is O=C(Nc1cccc(Cl)c1F)c1nnn(-c2ccccc2)c1-c1ccccn1. The van der Waals surface area contributed by atoms with Crippen molar-refractivity contribution in [2.45, 2.75) is 0 Å². The Kier molecular flexibility index (Phi) is 4.82. The second kappa shape index (κ2) is 7.58. The van der Waals surface area contributed by atoms with Gasteiger partial charge < -0.3 is 5.32 Å². The van der Waals surface area contributed by atoms with Crippen molar-refractivity contribution in [3.8, 4) is 17.1 Å². The molecule has 28 heavy (non-hydrogen) atoms. The van der Waals surface area contributed by atoms with E-state index >= 15 is 0 Å². The zero-order valence-electron chi connectivity index (χ0n) is 14.4. The maximum absolute atomic E-state index is 14.2. The van der Waals surface area contributed by atoms with Crippen molar-refractivity contribution in [1.29, 1.82) is 0 Å². The lowest BCUT2D eigenvalue weighted by Gasteiger charge is -2.09. The number of halogens is 2. The summed E-state index contributed by atoms with van der Waals surface area (Å²) in [6, 6.07) is 18.9. The van der Waals surface area contributed by atoms with E-state index in [-0.39, 0.29) is 16.4 Å². The number of rotatable bonds is 4. The number of carbonyl (C=O) groups is 1. The molecule has 0 atom stereocenters. The van der Waals surface area contributed by atoms with Gasteiger partial charge in [0.25, 0.3) is 5.91 Å². The van der Waals surface area contributed by atoms with E-state index in [1.54, 1.807) is 30.5 Å². The Bertz CT molecular complexity index is 1130. The van der Waals surface area contributed by atoms with Gasteiger partial charge in [-0.25, -0.2) is 9.07 Å². The van der Waals surface area contributed by atoms with Crippen LogP contribution in [0.25, 0.3) is 17.1 Å². The summed E-state index contributed by atoms with van der Waals surface area (Å²) in [4.78, 5) is 17.2. The second-order valence-electron chi connectivity index (χ2n) is 5.80. The Balaban J connectivity index is 1.80. The topological polar surface area (TPSA) is 72.7 Å². The summed E-state index contributed by atoms with van der Waals surface area (Å²) in [7, 11) is 0. The Morgan fingerprint density at radius 1 is 1.00 bits per heavy atom. The van der Waals surface area contributed by atoms with Crippen molar-refractivity contribution in [2.24, 2.45) is 0 Å². The summed E-state index contributed by atoms with van der Waals surface area (Å²) in [6.07, 6.45) is 1.61. The van der Waals surface area contributed by atoms with Crippen LogP contribution >= 0.6 is 11.6 Å². The van der Waals surface area contributed by atoms with Crippen molar-refractivity contribution in [3.63, 3.8) is 0 Å². The normalized spacial score (nSPS) is 10.6. The Labute approximate surface area is 164 Å². The average Bonchev–Trinajstić information content (AvgIpc) is 3.18. The van der Waals surface area contributed by atoms with Crippen LogP contribution in [0.4, 0.5) is 10.1 Å². The quantitative estimate of drug-likeness (QED) is 0.558. The first-order valence-electron chi connectivity index (χ1n) is 8.33. The molecular formula is C20H13ClFN5O. The fraction of sp³-hybridized carbons (Fsp3) is 0. The van der Waals surface area contributed by atoms with Gasteiger partial charge in [-0.1, -0.05) is 47.1 Å². The van der Waals surface area contributed by atoms with E-state index < -0.39 is 11.7 Å². The number of anilines is 1. The summed E-state index contributed by atoms with van der Waals surface area (Å²) in [6.45, 7) is 0. The van der Waals surface area contributed by atoms with Crippen LogP contribution in [0.5, 0.6) is 0 Å². The van der Waals surface area contributed by atoms with Gasteiger partial charge in [0.05, 0.1) is 22.1 Å². The standard InChI is InChI=1S/C20H13ClFN5O/c21-14-9-6-11-15(17(14)22)24-20(28)18-19(16-10-4-5-12-23-16)27(26-25-18)13-7-2-1-3-8-13/h1-12H,(H,24,28). The maximum Gasteiger partial charge on any atom is 0.278 e. The van der Waals surface area contributed by atoms with Gasteiger partial charge in [-0.3, -0.25) is 9.78 Å². The molecule has 0 radical (unpaired) electrons. The van der Waals surface area contributed by atoms with Crippen LogP contribution < -0.4 is 5.32 Å². The number of amides is 1. The van der Waals surface area contributed by atoms with E-state index in [1.165, 1.54) is 16.8 Å². The molecule has 138 valence electrons. The summed E-state index contributed by atoms with van der Waals surface area (Å²) in [5.41, 5.74) is 1.59. The maximum atomic E-state index is 14.2. The molecule has 0 bridgehead atoms. The minimum Gasteiger partial charge on any atom is -0.318 e. The molecule has 2 aromatic heterocycles. The molecule has 2 heterocycles. The van der Waals surface area contributed by atoms with Gasteiger partial charge in [0, 0.05) is 6.20 Å². The number of nitrogens with zero attached hydrogens (tertiary/aromatic N) is 4. The molecule has 0 spiro atoms. The van der Waals surface area contributed by atoms with E-state index in [2.05, 4.69) is 20.6 Å². The Morgan fingerprint density at radius 2 is 1.79 bits per heavy atom. The van der Waals surface area contributed by atoms with Crippen LogP contribution in [-0.4, -0.2) is 25.9 Å². The molecule has 4 aromatic rings. The van der Waals surface area contributed by atoms with Gasteiger partial charge in [-0.05, 0) is 36.4 Å². The molecule has 0 unspecified atom stereocenters. The molecule has 1 amide bonds. The highest BCUT2D eigenvalue weighted by Gasteiger charge is 2.24. The molecule has 6 nitrogen and oxygen atoms in total. The molecule has 4 rings (SSSR count). The predicted octanol–water partition coefficient (Wildman–Crippen LogP) is 4.37. The highest BCUT2D eigenvalue weighted by molar-refractivity contribution is 6.31. The number of hydrogen-bond donors (Lipinski definition) is 1. The fourth-order valence-corrected chi connectivity index (χ4v) is 2.87. The molecule has 0 aliphatic rings. The summed E-state index contributed by atoms with van der Waals surface area (Å²) < 4.78 is 15.7. The zero-order chi connectivity index (χ0) is 19.5. The predicted molar refractivity (Wildman–Crippen MR) is 104 cm³/mol. The summed E-state index contributed by atoms with van der Waals surface area (Å²) in [5.74, 6) is -1.34. The summed E-state index contributed by atoms with van der Waals surface area (Å²) >= 11 is 5.79. The van der Waals surface area contributed by atoms with Crippen LogP contribution in [0.15, 0.2) is 72.9 Å². The number of para-hydroxylation sites is 1. The van der Waals surface area contributed by atoms with Crippen molar-refractivity contribution in [1.82, 2.24) is 20.0 Å². The highest BCUT2D eigenvalue weighted by atomic mass is 35.5. The van der Waals surface area contributed by atoms with Gasteiger partial charge in [-0.15, -0.1) is 5.10 Å². The molecule has 1 N–H and O–H groups in total. The smallest absolute Gasteiger partial charge is 0.278 e. The Hall–Kier alpha value is -3.58. The third kappa shape index (κ3) is 3.35. The first-order chi connectivity index (χ1) is 13.6. The minimum atomic E-state index is -0.715. The Morgan fingerprint density at radius 3 is 2.54 bits per heavy atom. The number of nitrogens with one attached hydrogen (secondary N) is 1. The van der Waals surface area contributed by atoms with Crippen LogP contribution in [0.1, 0.15) is 10.5 Å². The van der Waals surface area contributed by atoms with E-state index in [1.807, 2.05) is 30.3 Å². The van der Waals surface area contributed by atoms with Crippen molar-refractivity contribution in [3.05, 3.63) is 89.5 Å². The number of carbonyl (C=O) groups excluding carboxylic acids is 1. The van der Waals surface area contributed by atoms with E-state index in [9.17, 15) is 9.18 Å². The first-order valence-corrected chi connectivity index (χ1v) is 8.71. The molecule has 8 heteroatoms. The number of pyridine rings is 1. The lowest BCUT2D eigenvalue weighted by molar-refractivity contribution is 0.102. The van der Waals surface area contributed by atoms with Crippen LogP contribution in [0.2, 0.25) is 5.02 Å². The molecule has 0 aliphatic heterocycles. The van der Waals surface area contributed by atoms with Crippen molar-refractivity contribution >= 4 is 23.2 Å². The molecular weight excluding hydrogens is 381 g/mol. The zero-order valence-corrected chi connectivity index (χ0v) is 15.1. The van der Waals surface area contributed by atoms with E-state index in [0.717, 1.165) is 0 Å². The third-order valence-electron chi connectivity index (χ3n) is 3.99. The molecule has 2 aromatic carbocycles. The lowest BCUT2D eigenvalue weighted by atomic mass is 10.2. The van der Waals surface area contributed by atoms with Crippen molar-refractivity contribution in [2.75, 3.05) is 5.32 Å². The van der Waals surface area contributed by atoms with Gasteiger partial charge in [0.15, 0.2) is 11.5 Å². The van der Waals surface area contributed by atoms with E-state index in [4.69, 9.17) is 11.6 Å². The molecule has 0 fully saturated rings. The third-order valence-corrected chi connectivity index (χ3v) is 4.29.